The van der Waals surface area contributed by atoms with Gasteiger partial charge in [0.15, 0.2) is 11.5 Å². The molecular formula is C20H33O7P. The molecule has 0 aliphatic carbocycles. The minimum absolute atomic E-state index is 0.318. The molecule has 1 aromatic rings. The third-order valence-electron chi connectivity index (χ3n) is 3.06. The average molecular weight is 416 g/mol. The molecule has 7 nitrogen and oxygen atoms in total. The number of hydrogen-bond donors (Lipinski definition) is 0. The Hall–Kier alpha value is -1.40. The normalized spacial score (nSPS) is 12.7. The Kier molecular flexibility index (Phi) is 9.15. The van der Waals surface area contributed by atoms with E-state index in [0.717, 1.165) is 12.8 Å². The van der Waals surface area contributed by atoms with E-state index >= 15 is 0 Å². The van der Waals surface area contributed by atoms with Crippen molar-refractivity contribution in [2.24, 2.45) is 0 Å². The molecule has 0 saturated heterocycles. The van der Waals surface area contributed by atoms with Crippen molar-refractivity contribution < 1.29 is 32.4 Å². The molecule has 0 saturated carbocycles. The molecule has 0 aromatic heterocycles. The van der Waals surface area contributed by atoms with E-state index in [0.29, 0.717) is 30.0 Å². The van der Waals surface area contributed by atoms with Gasteiger partial charge in [-0.15, -0.1) is 0 Å². The minimum Gasteiger partial charge on any atom is -0.490 e. The summed E-state index contributed by atoms with van der Waals surface area (Å²) in [7, 11) is -3.89. The van der Waals surface area contributed by atoms with Crippen molar-refractivity contribution in [2.75, 3.05) is 13.4 Å². The maximum atomic E-state index is 13.0. The van der Waals surface area contributed by atoms with Crippen molar-refractivity contribution >= 4 is 14.1 Å². The van der Waals surface area contributed by atoms with Crippen LogP contribution in [0.3, 0.4) is 0 Å². The zero-order valence-corrected chi connectivity index (χ0v) is 18.8. The van der Waals surface area contributed by atoms with Crippen LogP contribution in [-0.4, -0.2) is 30.9 Å². The smallest absolute Gasteiger partial charge is 0.478 e. The van der Waals surface area contributed by atoms with Gasteiger partial charge in [-0.2, -0.15) is 0 Å². The first kappa shape index (κ1) is 24.6. The first-order valence-corrected chi connectivity index (χ1v) is 10.8. The molecule has 1 rings (SSSR count). The lowest BCUT2D eigenvalue weighted by Gasteiger charge is -2.30. The van der Waals surface area contributed by atoms with Crippen LogP contribution in [-0.2, 0) is 18.1 Å². The SMILES string of the molecule is CCCCOc1ccc(C=O)cc1OCOP(=O)(OC(C)(C)C)OC(C)(C)C. The van der Waals surface area contributed by atoms with Crippen LogP contribution in [0.5, 0.6) is 11.5 Å². The van der Waals surface area contributed by atoms with Crippen LogP contribution in [0.4, 0.5) is 0 Å². The molecule has 0 aliphatic rings. The number of benzene rings is 1. The highest BCUT2D eigenvalue weighted by atomic mass is 31.2. The maximum Gasteiger partial charge on any atom is 0.478 e. The highest BCUT2D eigenvalue weighted by molar-refractivity contribution is 7.48. The standard InChI is InChI=1S/C20H33O7P/c1-8-9-12-23-17-11-10-16(14-21)13-18(17)24-15-25-28(22,26-19(2,3)4)27-20(5,6)7/h10-11,13-14H,8-9,12,15H2,1-7H3. The lowest BCUT2D eigenvalue weighted by atomic mass is 10.2. The molecule has 0 bridgehead atoms. The van der Waals surface area contributed by atoms with Gasteiger partial charge in [0.2, 0.25) is 6.79 Å². The second-order valence-electron chi connectivity index (χ2n) is 8.27. The lowest BCUT2D eigenvalue weighted by molar-refractivity contribution is -0.0194. The van der Waals surface area contributed by atoms with Crippen molar-refractivity contribution in [3.63, 3.8) is 0 Å². The van der Waals surface area contributed by atoms with Crippen LogP contribution in [0.25, 0.3) is 0 Å². The van der Waals surface area contributed by atoms with Gasteiger partial charge in [-0.05, 0) is 66.2 Å². The van der Waals surface area contributed by atoms with Gasteiger partial charge in [0.1, 0.15) is 6.29 Å². The first-order chi connectivity index (χ1) is 12.9. The van der Waals surface area contributed by atoms with Crippen LogP contribution in [0, 0.1) is 0 Å². The van der Waals surface area contributed by atoms with E-state index in [2.05, 4.69) is 6.92 Å². The van der Waals surface area contributed by atoms with E-state index in [4.69, 9.17) is 23.0 Å². The molecule has 0 amide bonds. The van der Waals surface area contributed by atoms with Gasteiger partial charge in [0.05, 0.1) is 17.8 Å². The molecule has 1 aromatic carbocycles. The largest absolute Gasteiger partial charge is 0.490 e. The third-order valence-corrected chi connectivity index (χ3v) is 5.02. The van der Waals surface area contributed by atoms with Gasteiger partial charge < -0.3 is 9.47 Å². The van der Waals surface area contributed by atoms with Gasteiger partial charge >= 0.3 is 7.82 Å². The van der Waals surface area contributed by atoms with Crippen molar-refractivity contribution in [1.29, 1.82) is 0 Å². The highest BCUT2D eigenvalue weighted by Crippen LogP contribution is 2.55. The van der Waals surface area contributed by atoms with Gasteiger partial charge in [-0.3, -0.25) is 13.8 Å². The number of unbranched alkanes of at least 4 members (excludes halogenated alkanes) is 1. The molecule has 0 atom stereocenters. The van der Waals surface area contributed by atoms with E-state index in [1.54, 1.807) is 53.7 Å². The van der Waals surface area contributed by atoms with Crippen molar-refractivity contribution in [2.45, 2.75) is 72.5 Å². The van der Waals surface area contributed by atoms with Gasteiger partial charge in [-0.25, -0.2) is 9.09 Å². The van der Waals surface area contributed by atoms with E-state index in [1.165, 1.54) is 6.07 Å². The fourth-order valence-electron chi connectivity index (χ4n) is 2.05. The van der Waals surface area contributed by atoms with E-state index in [1.807, 2.05) is 0 Å². The molecule has 28 heavy (non-hydrogen) atoms. The molecule has 0 spiro atoms. The number of carbonyl (C=O) groups is 1. The van der Waals surface area contributed by atoms with Gasteiger partial charge in [0.25, 0.3) is 0 Å². The second-order valence-corrected chi connectivity index (χ2v) is 9.79. The Labute approximate surface area is 168 Å². The van der Waals surface area contributed by atoms with Crippen molar-refractivity contribution in [3.8, 4) is 11.5 Å². The molecule has 0 fully saturated rings. The van der Waals surface area contributed by atoms with Crippen LogP contribution in [0.15, 0.2) is 18.2 Å². The van der Waals surface area contributed by atoms with Crippen LogP contribution in [0.2, 0.25) is 0 Å². The highest BCUT2D eigenvalue weighted by Gasteiger charge is 2.37. The summed E-state index contributed by atoms with van der Waals surface area (Å²) in [6.45, 7) is 12.7. The topological polar surface area (TPSA) is 80.3 Å². The Bertz CT molecular complexity index is 654. The molecule has 0 N–H and O–H groups in total. The Morgan fingerprint density at radius 2 is 1.57 bits per heavy atom. The molecule has 160 valence electrons. The summed E-state index contributed by atoms with van der Waals surface area (Å²) in [6.07, 6.45) is 2.59. The number of phosphoric ester groups is 1. The van der Waals surface area contributed by atoms with E-state index in [9.17, 15) is 9.36 Å². The number of phosphoric acid groups is 1. The Morgan fingerprint density at radius 3 is 2.07 bits per heavy atom. The van der Waals surface area contributed by atoms with Crippen LogP contribution >= 0.6 is 7.82 Å². The number of rotatable bonds is 11. The molecule has 8 heteroatoms. The van der Waals surface area contributed by atoms with E-state index < -0.39 is 25.8 Å². The van der Waals surface area contributed by atoms with Crippen LogP contribution in [0.1, 0.15) is 71.7 Å². The van der Waals surface area contributed by atoms with Crippen LogP contribution < -0.4 is 9.47 Å². The minimum atomic E-state index is -3.89. The van der Waals surface area contributed by atoms with Gasteiger partial charge in [0, 0.05) is 5.56 Å². The predicted molar refractivity (Wildman–Crippen MR) is 108 cm³/mol. The summed E-state index contributed by atoms with van der Waals surface area (Å²) in [5.74, 6) is 0.796. The number of aldehydes is 1. The predicted octanol–water partition coefficient (Wildman–Crippen LogP) is 5.77. The zero-order valence-electron chi connectivity index (χ0n) is 17.9. The fraction of sp³-hybridized carbons (Fsp3) is 0.650. The summed E-state index contributed by atoms with van der Waals surface area (Å²) in [6, 6.07) is 4.84. The molecular weight excluding hydrogens is 383 g/mol. The fourth-order valence-corrected chi connectivity index (χ4v) is 3.72. The summed E-state index contributed by atoms with van der Waals surface area (Å²) in [4.78, 5) is 11.1. The van der Waals surface area contributed by atoms with E-state index in [-0.39, 0.29) is 0 Å². The third kappa shape index (κ3) is 9.69. The summed E-state index contributed by atoms with van der Waals surface area (Å²) in [5, 5.41) is 0. The quantitative estimate of drug-likeness (QED) is 0.196. The summed E-state index contributed by atoms with van der Waals surface area (Å²) < 4.78 is 40.8. The lowest BCUT2D eigenvalue weighted by Crippen LogP contribution is -2.25. The maximum absolute atomic E-state index is 13.0. The second kappa shape index (κ2) is 10.4. The average Bonchev–Trinajstić information content (AvgIpc) is 2.52. The molecule has 0 aliphatic heterocycles. The number of ether oxygens (including phenoxy) is 2. The summed E-state index contributed by atoms with van der Waals surface area (Å²) in [5.41, 5.74) is -1.06. The van der Waals surface area contributed by atoms with Crippen molar-refractivity contribution in [3.05, 3.63) is 23.8 Å². The monoisotopic (exact) mass is 416 g/mol. The first-order valence-electron chi connectivity index (χ1n) is 9.38. The Balaban J connectivity index is 2.89. The number of hydrogen-bond acceptors (Lipinski definition) is 7. The molecule has 0 radical (unpaired) electrons. The van der Waals surface area contributed by atoms with Gasteiger partial charge in [-0.1, -0.05) is 13.3 Å². The molecule has 0 heterocycles. The van der Waals surface area contributed by atoms with Crippen molar-refractivity contribution in [1.82, 2.24) is 0 Å². The molecule has 0 unspecified atom stereocenters. The Morgan fingerprint density at radius 1 is 0.964 bits per heavy atom. The zero-order chi connectivity index (χ0) is 21.4. The summed E-state index contributed by atoms with van der Waals surface area (Å²) >= 11 is 0. The number of carbonyl (C=O) groups excluding carboxylic acids is 1.